The minimum absolute atomic E-state index is 0.0939. The lowest BCUT2D eigenvalue weighted by atomic mass is 9.91. The number of nitro groups is 1. The highest BCUT2D eigenvalue weighted by Gasteiger charge is 2.27. The number of aryl methyl sites for hydroxylation is 2. The van der Waals surface area contributed by atoms with Gasteiger partial charge in [-0.3, -0.25) is 15.0 Å². The second kappa shape index (κ2) is 12.2. The molecular formula is C27H34FN3O5. The largest absolute Gasteiger partial charge is 0.472 e. The fourth-order valence-corrected chi connectivity index (χ4v) is 5.04. The average Bonchev–Trinajstić information content (AvgIpc) is 2.90. The fourth-order valence-electron chi connectivity index (χ4n) is 5.04. The maximum Gasteiger partial charge on any atom is 0.347 e. The van der Waals surface area contributed by atoms with E-state index in [-0.39, 0.29) is 17.3 Å². The van der Waals surface area contributed by atoms with Crippen LogP contribution in [0.15, 0.2) is 36.4 Å². The molecule has 0 bridgehead atoms. The number of piperazine rings is 1. The van der Waals surface area contributed by atoms with Gasteiger partial charge >= 0.3 is 11.7 Å². The summed E-state index contributed by atoms with van der Waals surface area (Å²) in [5, 5.41) is 11.7. The molecular weight excluding hydrogens is 465 g/mol. The van der Waals surface area contributed by atoms with Gasteiger partial charge in [0.1, 0.15) is 5.82 Å². The third-order valence-corrected chi connectivity index (χ3v) is 7.11. The van der Waals surface area contributed by atoms with E-state index in [0.717, 1.165) is 88.1 Å². The summed E-state index contributed by atoms with van der Waals surface area (Å²) < 4.78 is 24.0. The van der Waals surface area contributed by atoms with Crippen molar-refractivity contribution in [2.24, 2.45) is 0 Å². The van der Waals surface area contributed by atoms with E-state index in [0.29, 0.717) is 6.42 Å². The van der Waals surface area contributed by atoms with Crippen molar-refractivity contribution in [1.82, 2.24) is 4.90 Å². The minimum Gasteiger partial charge on any atom is -0.472 e. The maximum absolute atomic E-state index is 13.2. The van der Waals surface area contributed by atoms with Gasteiger partial charge in [0, 0.05) is 37.9 Å². The van der Waals surface area contributed by atoms with Gasteiger partial charge in [-0.2, -0.15) is 0 Å². The Morgan fingerprint density at radius 2 is 1.72 bits per heavy atom. The number of ether oxygens (including phenoxy) is 2. The first-order valence-electron chi connectivity index (χ1n) is 12.7. The van der Waals surface area contributed by atoms with Crippen molar-refractivity contribution in [3.05, 3.63) is 63.5 Å². The molecule has 1 atom stereocenters. The molecule has 0 amide bonds. The number of unbranched alkanes of at least 4 members (excludes halogenated alkanes) is 1. The van der Waals surface area contributed by atoms with Gasteiger partial charge in [-0.1, -0.05) is 0 Å². The molecule has 1 aliphatic carbocycles. The van der Waals surface area contributed by atoms with Crippen molar-refractivity contribution in [1.29, 1.82) is 0 Å². The van der Waals surface area contributed by atoms with Crippen LogP contribution >= 0.6 is 0 Å². The Labute approximate surface area is 211 Å². The Bertz CT molecular complexity index is 1050. The number of nitro benzene ring substituents is 1. The SMILES string of the molecule is COC(=O)C(CCCCN1CCN(c2ccc(F)cc2)CC1)Oc1cc2c(cc1[N+](=O)[O-])CCCC2. The molecule has 2 aromatic rings. The summed E-state index contributed by atoms with van der Waals surface area (Å²) >= 11 is 0. The molecule has 8 nitrogen and oxygen atoms in total. The van der Waals surface area contributed by atoms with Crippen molar-refractivity contribution < 1.29 is 23.6 Å². The molecule has 1 saturated heterocycles. The maximum atomic E-state index is 13.2. The Morgan fingerprint density at radius 3 is 2.36 bits per heavy atom. The van der Waals surface area contributed by atoms with Gasteiger partial charge in [-0.25, -0.2) is 9.18 Å². The number of hydrogen-bond acceptors (Lipinski definition) is 7. The summed E-state index contributed by atoms with van der Waals surface area (Å²) in [5.41, 5.74) is 2.99. The zero-order chi connectivity index (χ0) is 25.5. The smallest absolute Gasteiger partial charge is 0.347 e. The highest BCUT2D eigenvalue weighted by Crippen LogP contribution is 2.35. The Morgan fingerprint density at radius 1 is 1.06 bits per heavy atom. The zero-order valence-electron chi connectivity index (χ0n) is 20.8. The third-order valence-electron chi connectivity index (χ3n) is 7.11. The number of benzene rings is 2. The predicted molar refractivity (Wildman–Crippen MR) is 135 cm³/mol. The van der Waals surface area contributed by atoms with Crippen LogP contribution in [0.2, 0.25) is 0 Å². The van der Waals surface area contributed by atoms with E-state index in [1.165, 1.54) is 19.2 Å². The molecule has 2 aromatic carbocycles. The van der Waals surface area contributed by atoms with Crippen molar-refractivity contribution in [3.8, 4) is 5.75 Å². The van der Waals surface area contributed by atoms with E-state index in [4.69, 9.17) is 9.47 Å². The molecule has 36 heavy (non-hydrogen) atoms. The normalized spacial score (nSPS) is 16.8. The Hall–Kier alpha value is -3.20. The van der Waals surface area contributed by atoms with Gasteiger partial charge in [-0.15, -0.1) is 0 Å². The van der Waals surface area contributed by atoms with E-state index >= 15 is 0 Å². The second-order valence-electron chi connectivity index (χ2n) is 9.48. The van der Waals surface area contributed by atoms with Gasteiger partial charge in [0.25, 0.3) is 0 Å². The zero-order valence-corrected chi connectivity index (χ0v) is 20.8. The number of esters is 1. The van der Waals surface area contributed by atoms with Crippen LogP contribution in [0.5, 0.6) is 5.75 Å². The molecule has 1 heterocycles. The minimum atomic E-state index is -0.884. The predicted octanol–water partition coefficient (Wildman–Crippen LogP) is 4.53. The third kappa shape index (κ3) is 6.51. The Kier molecular flexibility index (Phi) is 8.74. The van der Waals surface area contributed by atoms with E-state index in [1.807, 2.05) is 12.1 Å². The molecule has 4 rings (SSSR count). The highest BCUT2D eigenvalue weighted by atomic mass is 19.1. The topological polar surface area (TPSA) is 85.2 Å². The van der Waals surface area contributed by atoms with E-state index in [1.54, 1.807) is 12.1 Å². The fraction of sp³-hybridized carbons (Fsp3) is 0.519. The van der Waals surface area contributed by atoms with Crippen LogP contribution in [-0.4, -0.2) is 61.7 Å². The number of nitrogens with zero attached hydrogens (tertiary/aromatic N) is 3. The lowest BCUT2D eigenvalue weighted by molar-refractivity contribution is -0.386. The van der Waals surface area contributed by atoms with Crippen LogP contribution in [0.1, 0.15) is 43.2 Å². The van der Waals surface area contributed by atoms with Gasteiger partial charge in [0.15, 0.2) is 11.9 Å². The van der Waals surface area contributed by atoms with Crippen molar-refractivity contribution in [2.75, 3.05) is 44.7 Å². The average molecular weight is 500 g/mol. The summed E-state index contributed by atoms with van der Waals surface area (Å²) in [7, 11) is 1.31. The molecule has 0 spiro atoms. The number of carbonyl (C=O) groups is 1. The Balaban J connectivity index is 1.29. The molecule has 0 N–H and O–H groups in total. The summed E-state index contributed by atoms with van der Waals surface area (Å²) in [6.07, 6.45) is 4.91. The van der Waals surface area contributed by atoms with E-state index in [9.17, 15) is 19.3 Å². The monoisotopic (exact) mass is 499 g/mol. The van der Waals surface area contributed by atoms with Crippen molar-refractivity contribution in [2.45, 2.75) is 51.0 Å². The first kappa shape index (κ1) is 25.9. The van der Waals surface area contributed by atoms with Crippen LogP contribution in [0, 0.1) is 15.9 Å². The van der Waals surface area contributed by atoms with E-state index < -0.39 is 17.0 Å². The van der Waals surface area contributed by atoms with Crippen molar-refractivity contribution in [3.63, 3.8) is 0 Å². The van der Waals surface area contributed by atoms with Gasteiger partial charge < -0.3 is 14.4 Å². The number of halogens is 1. The molecule has 2 aliphatic rings. The first-order valence-corrected chi connectivity index (χ1v) is 12.7. The van der Waals surface area contributed by atoms with Gasteiger partial charge in [0.05, 0.1) is 12.0 Å². The number of methoxy groups -OCH3 is 1. The second-order valence-corrected chi connectivity index (χ2v) is 9.48. The molecule has 194 valence electrons. The van der Waals surface area contributed by atoms with Gasteiger partial charge in [0.2, 0.25) is 0 Å². The molecule has 1 unspecified atom stereocenters. The summed E-state index contributed by atoms with van der Waals surface area (Å²) in [5.74, 6) is -0.601. The molecule has 9 heteroatoms. The lowest BCUT2D eigenvalue weighted by Gasteiger charge is -2.36. The highest BCUT2D eigenvalue weighted by molar-refractivity contribution is 5.75. The number of fused-ring (bicyclic) bond motifs is 1. The molecule has 0 saturated carbocycles. The molecule has 0 aromatic heterocycles. The van der Waals surface area contributed by atoms with Crippen LogP contribution in [0.25, 0.3) is 0 Å². The van der Waals surface area contributed by atoms with Crippen LogP contribution in [-0.2, 0) is 22.4 Å². The molecule has 1 fully saturated rings. The van der Waals surface area contributed by atoms with Crippen LogP contribution < -0.4 is 9.64 Å². The van der Waals surface area contributed by atoms with Crippen LogP contribution in [0.4, 0.5) is 15.8 Å². The standard InChI is InChI=1S/C27H34FN3O5/c1-35-27(32)25(36-26-19-21-7-3-2-6-20(21)18-24(26)31(33)34)8-4-5-13-29-14-16-30(17-15-29)23-11-9-22(28)10-12-23/h9-12,18-19,25H,2-8,13-17H2,1H3. The summed E-state index contributed by atoms with van der Waals surface area (Å²) in [4.78, 5) is 28.3. The summed E-state index contributed by atoms with van der Waals surface area (Å²) in [6.45, 7) is 4.47. The molecule has 0 radical (unpaired) electrons. The lowest BCUT2D eigenvalue weighted by Crippen LogP contribution is -2.46. The van der Waals surface area contributed by atoms with Crippen molar-refractivity contribution >= 4 is 17.3 Å². The number of anilines is 1. The number of rotatable bonds is 10. The summed E-state index contributed by atoms with van der Waals surface area (Å²) in [6, 6.07) is 9.93. The quantitative estimate of drug-likeness (QED) is 0.206. The van der Waals surface area contributed by atoms with E-state index in [2.05, 4.69) is 9.80 Å². The first-order chi connectivity index (χ1) is 17.4. The van der Waals surface area contributed by atoms with Gasteiger partial charge in [-0.05, 0) is 92.9 Å². The molecule has 1 aliphatic heterocycles. The number of hydrogen-bond donors (Lipinski definition) is 0. The van der Waals surface area contributed by atoms with Crippen LogP contribution in [0.3, 0.4) is 0 Å². The number of carbonyl (C=O) groups excluding carboxylic acids is 1.